The van der Waals surface area contributed by atoms with Gasteiger partial charge in [0, 0.05) is 12.0 Å². The van der Waals surface area contributed by atoms with Crippen LogP contribution in [0.15, 0.2) is 35.1 Å². The van der Waals surface area contributed by atoms with E-state index in [1.807, 2.05) is 32.9 Å². The Bertz CT molecular complexity index is 976. The summed E-state index contributed by atoms with van der Waals surface area (Å²) in [6.45, 7) is 5.68. The van der Waals surface area contributed by atoms with E-state index < -0.39 is 5.97 Å². The molecule has 2 aromatic heterocycles. The van der Waals surface area contributed by atoms with Crippen molar-refractivity contribution in [3.8, 4) is 5.75 Å². The molecule has 0 atom stereocenters. The molecule has 0 bridgehead atoms. The van der Waals surface area contributed by atoms with Gasteiger partial charge in [-0.15, -0.1) is 0 Å². The minimum absolute atomic E-state index is 0.0866. The van der Waals surface area contributed by atoms with E-state index >= 15 is 0 Å². The van der Waals surface area contributed by atoms with Crippen LogP contribution >= 0.6 is 11.3 Å². The van der Waals surface area contributed by atoms with Crippen LogP contribution in [0.1, 0.15) is 36.0 Å². The molecule has 0 N–H and O–H groups in total. The van der Waals surface area contributed by atoms with Gasteiger partial charge in [-0.05, 0) is 19.1 Å². The summed E-state index contributed by atoms with van der Waals surface area (Å²) in [6.07, 6.45) is 0. The van der Waals surface area contributed by atoms with Crippen LogP contribution in [0, 0.1) is 6.92 Å². The molecule has 0 aliphatic carbocycles. The minimum Gasteiger partial charge on any atom is -0.482 e. The van der Waals surface area contributed by atoms with Crippen molar-refractivity contribution in [2.45, 2.75) is 33.3 Å². The second kappa shape index (κ2) is 7.65. The van der Waals surface area contributed by atoms with Crippen molar-refractivity contribution in [1.82, 2.24) is 14.6 Å². The summed E-state index contributed by atoms with van der Waals surface area (Å²) in [5.74, 6) is 0.275. The number of nitrogens with zero attached hydrogens (tertiary/aromatic N) is 3. The summed E-state index contributed by atoms with van der Waals surface area (Å²) in [4.78, 5) is 28.8. The minimum atomic E-state index is -0.528. The maximum absolute atomic E-state index is 12.1. The number of aromatic nitrogens is 3. The summed E-state index contributed by atoms with van der Waals surface area (Å²) < 4.78 is 11.8. The first-order chi connectivity index (χ1) is 12.4. The fraction of sp³-hybridized carbons (Fsp3) is 0.333. The summed E-state index contributed by atoms with van der Waals surface area (Å²) in [6, 6.07) is 8.69. The molecule has 0 saturated carbocycles. The number of aryl methyl sites for hydroxylation is 1. The van der Waals surface area contributed by atoms with Gasteiger partial charge in [0.15, 0.2) is 6.61 Å². The molecule has 0 aliphatic rings. The van der Waals surface area contributed by atoms with Crippen LogP contribution in [0.2, 0.25) is 0 Å². The number of benzene rings is 1. The van der Waals surface area contributed by atoms with E-state index in [1.165, 1.54) is 21.9 Å². The van der Waals surface area contributed by atoms with Crippen molar-refractivity contribution in [1.29, 1.82) is 0 Å². The highest BCUT2D eigenvalue weighted by molar-refractivity contribution is 7.16. The van der Waals surface area contributed by atoms with Crippen LogP contribution in [-0.2, 0) is 16.1 Å². The van der Waals surface area contributed by atoms with Crippen molar-refractivity contribution >= 4 is 22.3 Å². The molecule has 7 nitrogen and oxygen atoms in total. The molecule has 8 heteroatoms. The third-order valence-electron chi connectivity index (χ3n) is 3.57. The van der Waals surface area contributed by atoms with Gasteiger partial charge in [-0.1, -0.05) is 42.9 Å². The largest absolute Gasteiger partial charge is 0.482 e. The lowest BCUT2D eigenvalue weighted by molar-refractivity contribution is -0.147. The number of carbonyl (C=O) groups excluding carboxylic acids is 1. The molecule has 136 valence electrons. The number of hydrogen-bond donors (Lipinski definition) is 0. The van der Waals surface area contributed by atoms with Crippen LogP contribution in [0.5, 0.6) is 5.75 Å². The number of esters is 1. The predicted molar refractivity (Wildman–Crippen MR) is 97.7 cm³/mol. The Labute approximate surface area is 154 Å². The molecular weight excluding hydrogens is 354 g/mol. The molecule has 2 heterocycles. The molecule has 0 spiro atoms. The number of rotatable bonds is 6. The Hall–Kier alpha value is -2.74. The predicted octanol–water partition coefficient (Wildman–Crippen LogP) is 2.71. The smallest absolute Gasteiger partial charge is 0.344 e. The summed E-state index contributed by atoms with van der Waals surface area (Å²) in [7, 11) is 0. The first-order valence-electron chi connectivity index (χ1n) is 8.17. The second-order valence-electron chi connectivity index (χ2n) is 6.14. The number of carbonyl (C=O) groups is 1. The van der Waals surface area contributed by atoms with Crippen molar-refractivity contribution in [3.05, 3.63) is 57.0 Å². The van der Waals surface area contributed by atoms with Gasteiger partial charge in [0.2, 0.25) is 4.96 Å². The van der Waals surface area contributed by atoms with E-state index in [0.717, 1.165) is 10.6 Å². The standard InChI is InChI=1S/C18H19N3O4S/c1-11(2)17-20-21-15(22)8-13(19-18(21)26-17)9-25-16(23)10-24-14-6-4-12(3)5-7-14/h4-8,11H,9-10H2,1-3H3. The zero-order valence-corrected chi connectivity index (χ0v) is 15.6. The van der Waals surface area contributed by atoms with Gasteiger partial charge in [-0.25, -0.2) is 9.78 Å². The molecule has 0 saturated heterocycles. The highest BCUT2D eigenvalue weighted by Gasteiger charge is 2.12. The van der Waals surface area contributed by atoms with Crippen molar-refractivity contribution in [2.75, 3.05) is 6.61 Å². The van der Waals surface area contributed by atoms with Crippen LogP contribution in [0.4, 0.5) is 0 Å². The van der Waals surface area contributed by atoms with E-state index in [1.54, 1.807) is 12.1 Å². The van der Waals surface area contributed by atoms with Gasteiger partial charge in [0.1, 0.15) is 17.4 Å². The average molecular weight is 373 g/mol. The van der Waals surface area contributed by atoms with Crippen LogP contribution in [-0.4, -0.2) is 27.2 Å². The summed E-state index contributed by atoms with van der Waals surface area (Å²) in [5, 5.41) is 5.08. The number of hydrogen-bond acceptors (Lipinski definition) is 7. The van der Waals surface area contributed by atoms with Crippen LogP contribution in [0.25, 0.3) is 4.96 Å². The van der Waals surface area contributed by atoms with Crippen molar-refractivity contribution in [2.24, 2.45) is 0 Å². The monoisotopic (exact) mass is 373 g/mol. The molecular formula is C18H19N3O4S. The third-order valence-corrected chi connectivity index (χ3v) is 4.78. The van der Waals surface area contributed by atoms with E-state index in [4.69, 9.17) is 9.47 Å². The van der Waals surface area contributed by atoms with Gasteiger partial charge in [0.05, 0.1) is 5.69 Å². The normalized spacial score (nSPS) is 11.1. The topological polar surface area (TPSA) is 82.8 Å². The zero-order valence-electron chi connectivity index (χ0n) is 14.8. The Balaban J connectivity index is 1.61. The second-order valence-corrected chi connectivity index (χ2v) is 7.13. The van der Waals surface area contributed by atoms with Gasteiger partial charge in [0.25, 0.3) is 5.56 Å². The molecule has 3 rings (SSSR count). The molecule has 0 radical (unpaired) electrons. The van der Waals surface area contributed by atoms with Gasteiger partial charge >= 0.3 is 5.97 Å². The molecule has 0 unspecified atom stereocenters. The highest BCUT2D eigenvalue weighted by atomic mass is 32.1. The van der Waals surface area contributed by atoms with Gasteiger partial charge in [-0.2, -0.15) is 9.61 Å². The highest BCUT2D eigenvalue weighted by Crippen LogP contribution is 2.20. The molecule has 0 fully saturated rings. The molecule has 0 amide bonds. The fourth-order valence-electron chi connectivity index (χ4n) is 2.15. The first-order valence-corrected chi connectivity index (χ1v) is 8.99. The van der Waals surface area contributed by atoms with Crippen molar-refractivity contribution in [3.63, 3.8) is 0 Å². The van der Waals surface area contributed by atoms with Crippen molar-refractivity contribution < 1.29 is 14.3 Å². The molecule has 1 aromatic carbocycles. The lowest BCUT2D eigenvalue weighted by Gasteiger charge is -2.07. The maximum Gasteiger partial charge on any atom is 0.344 e. The van der Waals surface area contributed by atoms with E-state index in [0.29, 0.717) is 16.4 Å². The molecule has 26 heavy (non-hydrogen) atoms. The lowest BCUT2D eigenvalue weighted by Crippen LogP contribution is -2.18. The van der Waals surface area contributed by atoms with E-state index in [2.05, 4.69) is 10.1 Å². The Morgan fingerprint density at radius 3 is 2.69 bits per heavy atom. The van der Waals surface area contributed by atoms with E-state index in [9.17, 15) is 9.59 Å². The van der Waals surface area contributed by atoms with Gasteiger partial charge in [-0.3, -0.25) is 4.79 Å². The zero-order chi connectivity index (χ0) is 18.7. The number of fused-ring (bicyclic) bond motifs is 1. The Morgan fingerprint density at radius 1 is 1.27 bits per heavy atom. The molecule has 0 aliphatic heterocycles. The number of ether oxygens (including phenoxy) is 2. The average Bonchev–Trinajstić information content (AvgIpc) is 3.04. The van der Waals surface area contributed by atoms with Gasteiger partial charge < -0.3 is 9.47 Å². The third kappa shape index (κ3) is 4.26. The Morgan fingerprint density at radius 2 is 2.00 bits per heavy atom. The van der Waals surface area contributed by atoms with E-state index in [-0.39, 0.29) is 24.7 Å². The van der Waals surface area contributed by atoms with Crippen LogP contribution < -0.4 is 10.3 Å². The molecule has 3 aromatic rings. The first kappa shape index (κ1) is 18.1. The summed E-state index contributed by atoms with van der Waals surface area (Å²) >= 11 is 1.35. The quantitative estimate of drug-likeness (QED) is 0.618. The summed E-state index contributed by atoms with van der Waals surface area (Å²) in [5.41, 5.74) is 1.20. The maximum atomic E-state index is 12.1. The SMILES string of the molecule is Cc1ccc(OCC(=O)OCc2cc(=O)n3nc(C(C)C)sc3n2)cc1. The van der Waals surface area contributed by atoms with Crippen LogP contribution in [0.3, 0.4) is 0 Å². The lowest BCUT2D eigenvalue weighted by atomic mass is 10.2. The Kier molecular flexibility index (Phi) is 5.32. The fourth-order valence-corrected chi connectivity index (χ4v) is 3.08.